The zero-order chi connectivity index (χ0) is 42.9. The van der Waals surface area contributed by atoms with Crippen LogP contribution < -0.4 is 39.8 Å². The molecule has 1 aromatic heterocycles. The highest BCUT2D eigenvalue weighted by Crippen LogP contribution is 2.47. The Kier molecular flexibility index (Phi) is 15.1. The number of hydrogen-bond donors (Lipinski definition) is 5. The molecule has 2 unspecified atom stereocenters. The molecule has 0 fully saturated rings. The predicted molar refractivity (Wildman–Crippen MR) is 220 cm³/mol. The third-order valence-corrected chi connectivity index (χ3v) is 9.60. The maximum atomic E-state index is 14.2. The lowest BCUT2D eigenvalue weighted by Crippen LogP contribution is -2.39. The fraction of sp³-hybridized carbons (Fsp3) is 0.463. The van der Waals surface area contributed by atoms with Gasteiger partial charge in [0.25, 0.3) is 5.91 Å². The van der Waals surface area contributed by atoms with Gasteiger partial charge >= 0.3 is 12.2 Å². The lowest BCUT2D eigenvalue weighted by atomic mass is 9.95. The van der Waals surface area contributed by atoms with E-state index in [4.69, 9.17) is 44.8 Å². The second-order valence-corrected chi connectivity index (χ2v) is 15.0. The summed E-state index contributed by atoms with van der Waals surface area (Å²) in [5.74, 6) is 0.782. The number of anilines is 1. The molecule has 5 N–H and O–H groups in total. The molecule has 1 aliphatic rings. The van der Waals surface area contributed by atoms with E-state index in [0.717, 1.165) is 10.9 Å². The minimum absolute atomic E-state index is 0.00764. The normalized spacial score (nSPS) is 14.7. The van der Waals surface area contributed by atoms with Crippen molar-refractivity contribution in [3.05, 3.63) is 53.7 Å². The van der Waals surface area contributed by atoms with Crippen LogP contribution in [0, 0.1) is 0 Å². The molecule has 0 aliphatic carbocycles. The highest BCUT2D eigenvalue weighted by Gasteiger charge is 2.36. The monoisotopic (exact) mass is 841 g/mol. The van der Waals surface area contributed by atoms with Crippen molar-refractivity contribution in [2.45, 2.75) is 58.0 Å². The van der Waals surface area contributed by atoms with Gasteiger partial charge < -0.3 is 64.1 Å². The molecule has 0 bridgehead atoms. The summed E-state index contributed by atoms with van der Waals surface area (Å²) in [5, 5.41) is 19.2. The molecule has 0 spiro atoms. The Bertz CT molecular complexity index is 2140. The molecule has 4 aromatic rings. The number of aliphatic hydroxyl groups is 1. The van der Waals surface area contributed by atoms with E-state index in [2.05, 4.69) is 20.9 Å². The minimum atomic E-state index is -0.896. The van der Waals surface area contributed by atoms with Crippen LogP contribution in [0.2, 0.25) is 0 Å². The molecule has 59 heavy (non-hydrogen) atoms. The zero-order valence-corrected chi connectivity index (χ0v) is 34.9. The molecule has 2 heterocycles. The van der Waals surface area contributed by atoms with Gasteiger partial charge in [0.05, 0.1) is 50.8 Å². The molecule has 17 nitrogen and oxygen atoms in total. The molecule has 0 radical (unpaired) electrons. The van der Waals surface area contributed by atoms with Crippen LogP contribution in [0.25, 0.3) is 21.7 Å². The Labute approximate surface area is 346 Å². The van der Waals surface area contributed by atoms with Crippen LogP contribution in [-0.4, -0.2) is 119 Å². The van der Waals surface area contributed by atoms with Crippen LogP contribution in [0.1, 0.15) is 56.1 Å². The highest BCUT2D eigenvalue weighted by atomic mass is 35.5. The number of carbonyl (C=O) groups excluding carboxylic acids is 4. The van der Waals surface area contributed by atoms with Crippen LogP contribution in [0.3, 0.4) is 0 Å². The van der Waals surface area contributed by atoms with E-state index in [0.29, 0.717) is 45.8 Å². The van der Waals surface area contributed by atoms with E-state index < -0.39 is 30.2 Å². The zero-order valence-electron chi connectivity index (χ0n) is 34.2. The molecule has 3 atom stereocenters. The number of ether oxygens (including phenoxy) is 7. The summed E-state index contributed by atoms with van der Waals surface area (Å²) >= 11 is 6.49. The van der Waals surface area contributed by atoms with Crippen LogP contribution >= 0.6 is 11.6 Å². The molecule has 320 valence electrons. The van der Waals surface area contributed by atoms with Gasteiger partial charge in [0.2, 0.25) is 11.7 Å². The number of hydrogen-bond acceptors (Lipinski definition) is 12. The van der Waals surface area contributed by atoms with E-state index in [-0.39, 0.29) is 74.3 Å². The Morgan fingerprint density at radius 3 is 2.27 bits per heavy atom. The van der Waals surface area contributed by atoms with Crippen molar-refractivity contribution in [3.8, 4) is 23.0 Å². The number of fused-ring (bicyclic) bond motifs is 4. The quantitative estimate of drug-likeness (QED) is 0.0499. The van der Waals surface area contributed by atoms with Crippen molar-refractivity contribution in [1.82, 2.24) is 20.9 Å². The lowest BCUT2D eigenvalue weighted by molar-refractivity contribution is -0.230. The first-order chi connectivity index (χ1) is 28.2. The molecule has 1 aliphatic heterocycles. The summed E-state index contributed by atoms with van der Waals surface area (Å²) in [7, 11) is 4.52. The summed E-state index contributed by atoms with van der Waals surface area (Å²) in [6, 6.07) is 12.5. The minimum Gasteiger partial charge on any atom is -0.493 e. The lowest BCUT2D eigenvalue weighted by Gasteiger charge is -2.28. The Balaban J connectivity index is 1.18. The standard InChI is InChI=1S/C41H52ClN5O12/c1-23(21-48)57-33(59-41(2,3)4)22-56-39(51)44-13-12-32(49)43-14-15-45-40(52)58-30-18-29-34(27-11-9-8-10-26(27)30)25(19-42)20-47(29)38(50)28-16-24-17-31(53-5)36(54-6)37(55-7)35(24)46-28/h8-11,16-18,23,25,33,46,48H,12-15,19-22H2,1-7H3,(H,43,49)(H,44,51)(H,45,52)/t23?,25-,33?/m1/s1. The fourth-order valence-electron chi connectivity index (χ4n) is 6.68. The van der Waals surface area contributed by atoms with Gasteiger partial charge in [0.15, 0.2) is 17.8 Å². The maximum Gasteiger partial charge on any atom is 0.412 e. The van der Waals surface area contributed by atoms with Crippen molar-refractivity contribution < 1.29 is 57.4 Å². The number of amides is 4. The van der Waals surface area contributed by atoms with Gasteiger partial charge in [-0.25, -0.2) is 9.59 Å². The molecule has 0 saturated carbocycles. The Hall–Kier alpha value is -5.49. The van der Waals surface area contributed by atoms with Crippen LogP contribution in [0.5, 0.6) is 23.0 Å². The van der Waals surface area contributed by atoms with Crippen LogP contribution in [0.4, 0.5) is 15.3 Å². The van der Waals surface area contributed by atoms with E-state index in [1.807, 2.05) is 45.0 Å². The molecule has 18 heteroatoms. The van der Waals surface area contributed by atoms with Gasteiger partial charge in [-0.1, -0.05) is 24.3 Å². The number of rotatable bonds is 18. The summed E-state index contributed by atoms with van der Waals surface area (Å²) in [6.07, 6.45) is -3.01. The van der Waals surface area contributed by atoms with E-state index in [9.17, 15) is 24.3 Å². The highest BCUT2D eigenvalue weighted by molar-refractivity contribution is 6.19. The number of methoxy groups -OCH3 is 3. The van der Waals surface area contributed by atoms with Gasteiger partial charge in [-0.3, -0.25) is 9.59 Å². The van der Waals surface area contributed by atoms with Gasteiger partial charge in [-0.2, -0.15) is 0 Å². The SMILES string of the molecule is COc1cc2cc(C(=O)N3C[C@@H](CCl)c4c3cc(OC(=O)NCCNC(=O)CCNC(=O)OCC(OC(C)CO)OC(C)(C)C)c3ccccc43)[nH]c2c(OC)c1OC. The average Bonchev–Trinajstić information content (AvgIpc) is 3.81. The maximum absolute atomic E-state index is 14.2. The number of aromatic nitrogens is 1. The van der Waals surface area contributed by atoms with Crippen molar-refractivity contribution in [2.75, 3.05) is 71.5 Å². The van der Waals surface area contributed by atoms with Crippen LogP contribution in [0.15, 0.2) is 42.5 Å². The number of nitrogens with one attached hydrogen (secondary N) is 4. The third-order valence-electron chi connectivity index (χ3n) is 9.23. The van der Waals surface area contributed by atoms with E-state index >= 15 is 0 Å². The van der Waals surface area contributed by atoms with Gasteiger partial charge in [-0.05, 0) is 50.8 Å². The predicted octanol–water partition coefficient (Wildman–Crippen LogP) is 5.19. The molecule has 4 amide bonds. The molecular weight excluding hydrogens is 790 g/mol. The van der Waals surface area contributed by atoms with Crippen molar-refractivity contribution >= 4 is 63.0 Å². The number of benzene rings is 3. The van der Waals surface area contributed by atoms with Gasteiger partial charge in [-0.15, -0.1) is 11.6 Å². The van der Waals surface area contributed by atoms with Crippen molar-refractivity contribution in [2.24, 2.45) is 0 Å². The number of H-pyrrole nitrogens is 1. The number of carbonyl (C=O) groups is 4. The number of aliphatic hydroxyl groups excluding tert-OH is 1. The first-order valence-corrected chi connectivity index (χ1v) is 19.6. The summed E-state index contributed by atoms with van der Waals surface area (Å²) in [4.78, 5) is 56.7. The summed E-state index contributed by atoms with van der Waals surface area (Å²) in [5.41, 5.74) is 1.67. The number of halogens is 1. The van der Waals surface area contributed by atoms with E-state index in [1.54, 1.807) is 30.0 Å². The summed E-state index contributed by atoms with van der Waals surface area (Å²) in [6.45, 7) is 7.07. The number of alkyl halides is 1. The first kappa shape index (κ1) is 44.6. The molecular formula is C41H52ClN5O12. The van der Waals surface area contributed by atoms with E-state index in [1.165, 1.54) is 21.3 Å². The number of aromatic amines is 1. The Morgan fingerprint density at radius 2 is 1.61 bits per heavy atom. The van der Waals surface area contributed by atoms with Gasteiger partial charge in [0.1, 0.15) is 18.1 Å². The largest absolute Gasteiger partial charge is 0.493 e. The molecule has 5 rings (SSSR count). The fourth-order valence-corrected chi connectivity index (χ4v) is 6.93. The summed E-state index contributed by atoms with van der Waals surface area (Å²) < 4.78 is 38.9. The number of nitrogens with zero attached hydrogens (tertiary/aromatic N) is 1. The Morgan fingerprint density at radius 1 is 0.915 bits per heavy atom. The van der Waals surface area contributed by atoms with Gasteiger partial charge in [0, 0.05) is 61.2 Å². The second-order valence-electron chi connectivity index (χ2n) is 14.6. The second kappa shape index (κ2) is 20.0. The first-order valence-electron chi connectivity index (χ1n) is 19.0. The van der Waals surface area contributed by atoms with Crippen LogP contribution in [-0.2, 0) is 19.0 Å². The van der Waals surface area contributed by atoms with Crippen molar-refractivity contribution in [1.29, 1.82) is 0 Å². The number of alkyl carbamates (subject to hydrolysis) is 1. The van der Waals surface area contributed by atoms with Crippen molar-refractivity contribution in [3.63, 3.8) is 0 Å². The topological polar surface area (TPSA) is 208 Å². The average molecular weight is 842 g/mol. The molecule has 0 saturated heterocycles. The smallest absolute Gasteiger partial charge is 0.412 e. The third kappa shape index (κ3) is 11.0. The molecule has 3 aromatic carbocycles.